The smallest absolute Gasteiger partial charge is 0.339 e. The summed E-state index contributed by atoms with van der Waals surface area (Å²) >= 11 is 3.11. The summed E-state index contributed by atoms with van der Waals surface area (Å²) < 4.78 is 5.63. The molecule has 9 heteroatoms. The predicted octanol–water partition coefficient (Wildman–Crippen LogP) is 4.71. The highest BCUT2D eigenvalue weighted by Crippen LogP contribution is 2.48. The number of carbonyl (C=O) groups is 1. The first-order chi connectivity index (χ1) is 13.6. The summed E-state index contributed by atoms with van der Waals surface area (Å²) in [6.07, 6.45) is 6.83. The zero-order chi connectivity index (χ0) is 21.3. The van der Waals surface area contributed by atoms with Gasteiger partial charge in [0.1, 0.15) is 4.47 Å². The van der Waals surface area contributed by atoms with E-state index in [1.54, 1.807) is 0 Å². The highest BCUT2D eigenvalue weighted by Gasteiger charge is 2.48. The van der Waals surface area contributed by atoms with Gasteiger partial charge in [0.15, 0.2) is 0 Å². The van der Waals surface area contributed by atoms with Crippen molar-refractivity contribution in [1.29, 1.82) is 0 Å². The fraction of sp³-hybridized carbons (Fsp3) is 0.450. The van der Waals surface area contributed by atoms with Gasteiger partial charge in [-0.2, -0.15) is 0 Å². The molecule has 4 atom stereocenters. The molecule has 1 aromatic carbocycles. The van der Waals surface area contributed by atoms with Crippen LogP contribution in [0.25, 0.3) is 0 Å². The Morgan fingerprint density at radius 2 is 2.07 bits per heavy atom. The normalized spacial score (nSPS) is 28.2. The topological polar surface area (TPSA) is 113 Å². The molecule has 0 bridgehead atoms. The minimum atomic E-state index is -0.693. The summed E-state index contributed by atoms with van der Waals surface area (Å²) in [6, 6.07) is 3.49. The van der Waals surface area contributed by atoms with Crippen LogP contribution in [0, 0.1) is 37.5 Å². The standard InChI is InChI=1S/C20H21BrN2O6/c1-12-9-14-15(6-4-7-16(14)22(25)26)20(2,10-12)11-29-19(24)13-5-3-8-17(18(13)21)23(27)28/h3-6,8-9,14-16H,7,10-11H2,1-2H3/t14-,15+,16+,20-/m1/s1. The number of benzene rings is 1. The second kappa shape index (κ2) is 8.06. The Balaban J connectivity index is 1.82. The molecule has 1 aromatic rings. The molecule has 0 saturated heterocycles. The quantitative estimate of drug-likeness (QED) is 0.270. The molecule has 29 heavy (non-hydrogen) atoms. The molecule has 8 nitrogen and oxygen atoms in total. The lowest BCUT2D eigenvalue weighted by Crippen LogP contribution is -2.46. The monoisotopic (exact) mass is 464 g/mol. The van der Waals surface area contributed by atoms with Gasteiger partial charge in [-0.1, -0.05) is 36.8 Å². The number of carbonyl (C=O) groups excluding carboxylic acids is 1. The first-order valence-corrected chi connectivity index (χ1v) is 10.0. The number of nitro groups is 2. The molecule has 0 aliphatic heterocycles. The molecular formula is C20H21BrN2O6. The van der Waals surface area contributed by atoms with Crippen LogP contribution >= 0.6 is 15.9 Å². The largest absolute Gasteiger partial charge is 0.461 e. The number of esters is 1. The van der Waals surface area contributed by atoms with E-state index in [1.807, 2.05) is 32.1 Å². The van der Waals surface area contributed by atoms with Gasteiger partial charge in [0.25, 0.3) is 5.69 Å². The van der Waals surface area contributed by atoms with E-state index in [1.165, 1.54) is 18.2 Å². The average molecular weight is 465 g/mol. The molecule has 154 valence electrons. The van der Waals surface area contributed by atoms with Crippen LogP contribution in [-0.4, -0.2) is 28.5 Å². The van der Waals surface area contributed by atoms with Crippen LogP contribution < -0.4 is 0 Å². The van der Waals surface area contributed by atoms with Crippen LogP contribution in [0.2, 0.25) is 0 Å². The lowest BCUT2D eigenvalue weighted by atomic mass is 9.60. The zero-order valence-corrected chi connectivity index (χ0v) is 17.6. The zero-order valence-electron chi connectivity index (χ0n) is 16.0. The minimum absolute atomic E-state index is 0.0576. The van der Waals surface area contributed by atoms with Crippen molar-refractivity contribution in [2.75, 3.05) is 6.61 Å². The number of hydrogen-bond donors (Lipinski definition) is 0. The Morgan fingerprint density at radius 1 is 1.34 bits per heavy atom. The molecule has 2 aliphatic rings. The highest BCUT2D eigenvalue weighted by molar-refractivity contribution is 9.10. The Bertz CT molecular complexity index is 928. The summed E-state index contributed by atoms with van der Waals surface area (Å²) in [7, 11) is 0. The molecule has 3 rings (SSSR count). The summed E-state index contributed by atoms with van der Waals surface area (Å²) in [6.45, 7) is 3.95. The maximum Gasteiger partial charge on any atom is 0.339 e. The number of fused-ring (bicyclic) bond motifs is 1. The molecule has 0 unspecified atom stereocenters. The van der Waals surface area contributed by atoms with Gasteiger partial charge < -0.3 is 4.74 Å². The van der Waals surface area contributed by atoms with Gasteiger partial charge in [0, 0.05) is 22.8 Å². The molecule has 0 saturated carbocycles. The van der Waals surface area contributed by atoms with Crippen molar-refractivity contribution in [3.8, 4) is 0 Å². The van der Waals surface area contributed by atoms with Crippen molar-refractivity contribution in [2.45, 2.75) is 32.7 Å². The maximum absolute atomic E-state index is 12.6. The number of hydrogen-bond acceptors (Lipinski definition) is 6. The fourth-order valence-corrected chi connectivity index (χ4v) is 5.01. The van der Waals surface area contributed by atoms with E-state index in [0.717, 1.165) is 5.57 Å². The van der Waals surface area contributed by atoms with Crippen molar-refractivity contribution in [2.24, 2.45) is 17.3 Å². The summed E-state index contributed by atoms with van der Waals surface area (Å²) in [5.74, 6) is -1.05. The van der Waals surface area contributed by atoms with Crippen molar-refractivity contribution in [3.05, 3.63) is 72.3 Å². The number of nitrogens with zero attached hydrogens (tertiary/aromatic N) is 2. The first kappa shape index (κ1) is 21.2. The lowest BCUT2D eigenvalue weighted by molar-refractivity contribution is -0.532. The van der Waals surface area contributed by atoms with E-state index in [4.69, 9.17) is 4.74 Å². The minimum Gasteiger partial charge on any atom is -0.461 e. The third kappa shape index (κ3) is 4.10. The number of rotatable bonds is 5. The number of allylic oxidation sites excluding steroid dienone is 2. The third-order valence-corrected chi connectivity index (χ3v) is 6.58. The fourth-order valence-electron chi connectivity index (χ4n) is 4.44. The van der Waals surface area contributed by atoms with Crippen LogP contribution in [0.15, 0.2) is 46.5 Å². The second-order valence-corrected chi connectivity index (χ2v) is 8.73. The van der Waals surface area contributed by atoms with Gasteiger partial charge in [0.05, 0.1) is 23.0 Å². The highest BCUT2D eigenvalue weighted by atomic mass is 79.9. The van der Waals surface area contributed by atoms with E-state index in [9.17, 15) is 25.0 Å². The third-order valence-electron chi connectivity index (χ3n) is 5.74. The molecule has 2 aliphatic carbocycles. The van der Waals surface area contributed by atoms with Gasteiger partial charge in [0.2, 0.25) is 6.04 Å². The second-order valence-electron chi connectivity index (χ2n) is 7.94. The van der Waals surface area contributed by atoms with Gasteiger partial charge >= 0.3 is 5.97 Å². The van der Waals surface area contributed by atoms with E-state index >= 15 is 0 Å². The van der Waals surface area contributed by atoms with Crippen molar-refractivity contribution in [1.82, 2.24) is 0 Å². The molecular weight excluding hydrogens is 444 g/mol. The van der Waals surface area contributed by atoms with Crippen molar-refractivity contribution in [3.63, 3.8) is 0 Å². The maximum atomic E-state index is 12.6. The Hall–Kier alpha value is -2.55. The van der Waals surface area contributed by atoms with E-state index < -0.39 is 22.3 Å². The molecule has 0 fully saturated rings. The van der Waals surface area contributed by atoms with Gasteiger partial charge in [-0.3, -0.25) is 20.2 Å². The molecule has 0 radical (unpaired) electrons. The van der Waals surface area contributed by atoms with E-state index in [0.29, 0.717) is 12.8 Å². The van der Waals surface area contributed by atoms with E-state index in [-0.39, 0.29) is 39.1 Å². The predicted molar refractivity (Wildman–Crippen MR) is 109 cm³/mol. The SMILES string of the molecule is CC1=C[C@H]2[C@@H]([N+](=O)[O-])CC=C[C@@H]2[C@@](C)(COC(=O)c2cccc([N+](=O)[O-])c2Br)C1. The summed E-state index contributed by atoms with van der Waals surface area (Å²) in [4.78, 5) is 34.4. The van der Waals surface area contributed by atoms with Crippen molar-refractivity contribution < 1.29 is 19.4 Å². The van der Waals surface area contributed by atoms with Crippen LogP contribution in [0.4, 0.5) is 5.69 Å². The Kier molecular flexibility index (Phi) is 5.88. The van der Waals surface area contributed by atoms with Crippen LogP contribution in [0.5, 0.6) is 0 Å². The lowest BCUT2D eigenvalue weighted by Gasteiger charge is -2.45. The molecule has 0 amide bonds. The van der Waals surface area contributed by atoms with E-state index in [2.05, 4.69) is 15.9 Å². The number of ether oxygens (including phenoxy) is 1. The first-order valence-electron chi connectivity index (χ1n) is 9.21. The number of halogens is 1. The molecule has 0 N–H and O–H groups in total. The molecule has 0 heterocycles. The van der Waals surface area contributed by atoms with Gasteiger partial charge in [-0.25, -0.2) is 4.79 Å². The Morgan fingerprint density at radius 3 is 2.72 bits per heavy atom. The molecule has 0 spiro atoms. The van der Waals surface area contributed by atoms with Gasteiger partial charge in [-0.15, -0.1) is 0 Å². The molecule has 0 aromatic heterocycles. The van der Waals surface area contributed by atoms with Crippen LogP contribution in [0.1, 0.15) is 37.0 Å². The van der Waals surface area contributed by atoms with Crippen LogP contribution in [0.3, 0.4) is 0 Å². The van der Waals surface area contributed by atoms with Crippen LogP contribution in [-0.2, 0) is 4.74 Å². The summed E-state index contributed by atoms with van der Waals surface area (Å²) in [5.41, 5.74) is 0.386. The van der Waals surface area contributed by atoms with Gasteiger partial charge in [-0.05, 0) is 41.3 Å². The number of nitro benzene ring substituents is 1. The Labute approximate surface area is 176 Å². The van der Waals surface area contributed by atoms with Crippen molar-refractivity contribution >= 4 is 27.6 Å². The summed E-state index contributed by atoms with van der Waals surface area (Å²) in [5, 5.41) is 22.6. The average Bonchev–Trinajstić information content (AvgIpc) is 2.65.